The Hall–Kier alpha value is -3.01. The van der Waals surface area contributed by atoms with Crippen LogP contribution in [0.25, 0.3) is 0 Å². The van der Waals surface area contributed by atoms with Crippen molar-refractivity contribution in [1.29, 1.82) is 0 Å². The van der Waals surface area contributed by atoms with Crippen molar-refractivity contribution >= 4 is 27.5 Å². The van der Waals surface area contributed by atoms with E-state index >= 15 is 0 Å². The van der Waals surface area contributed by atoms with Crippen LogP contribution in [0.4, 0.5) is 14.5 Å². The summed E-state index contributed by atoms with van der Waals surface area (Å²) in [7, 11) is -3.67. The Labute approximate surface area is 199 Å². The minimum Gasteiger partial charge on any atom is -0.354 e. The predicted octanol–water partition coefficient (Wildman–Crippen LogP) is 3.45. The summed E-state index contributed by atoms with van der Waals surface area (Å²) >= 11 is 0. The van der Waals surface area contributed by atoms with Crippen LogP contribution in [0.1, 0.15) is 38.7 Å². The van der Waals surface area contributed by atoms with E-state index in [1.165, 1.54) is 29.2 Å². The number of nitrogens with one attached hydrogen (secondary N) is 1. The zero-order valence-corrected chi connectivity index (χ0v) is 20.4. The van der Waals surface area contributed by atoms with Crippen LogP contribution in [0.3, 0.4) is 0 Å². The van der Waals surface area contributed by atoms with Crippen LogP contribution < -0.4 is 9.62 Å². The number of nitrogens with zero attached hydrogens (tertiary/aromatic N) is 2. The average molecular weight is 496 g/mol. The average Bonchev–Trinajstić information content (AvgIpc) is 2.79. The van der Waals surface area contributed by atoms with Gasteiger partial charge in [0.1, 0.15) is 17.7 Å². The molecule has 2 aromatic rings. The van der Waals surface area contributed by atoms with Gasteiger partial charge in [0.05, 0.1) is 11.9 Å². The van der Waals surface area contributed by atoms with Crippen molar-refractivity contribution in [3.05, 3.63) is 65.7 Å². The highest BCUT2D eigenvalue weighted by Crippen LogP contribution is 2.20. The summed E-state index contributed by atoms with van der Waals surface area (Å²) < 4.78 is 53.1. The molecule has 186 valence electrons. The third-order valence-corrected chi connectivity index (χ3v) is 6.48. The normalized spacial score (nSPS) is 12.1. The number of carbonyl (C=O) groups excluding carboxylic acids is 2. The van der Waals surface area contributed by atoms with E-state index in [1.807, 2.05) is 6.92 Å². The Morgan fingerprint density at radius 2 is 1.71 bits per heavy atom. The quantitative estimate of drug-likeness (QED) is 0.489. The van der Waals surface area contributed by atoms with Gasteiger partial charge in [-0.15, -0.1) is 0 Å². The van der Waals surface area contributed by atoms with Crippen molar-refractivity contribution in [3.63, 3.8) is 0 Å². The van der Waals surface area contributed by atoms with Crippen molar-refractivity contribution in [2.45, 2.75) is 45.7 Å². The monoisotopic (exact) mass is 495 g/mol. The Morgan fingerprint density at radius 1 is 1.06 bits per heavy atom. The maximum Gasteiger partial charge on any atom is 0.242 e. The van der Waals surface area contributed by atoms with E-state index in [-0.39, 0.29) is 43.1 Å². The third kappa shape index (κ3) is 7.79. The molecule has 0 radical (unpaired) electrons. The number of rotatable bonds is 12. The van der Waals surface area contributed by atoms with E-state index in [0.29, 0.717) is 6.54 Å². The highest BCUT2D eigenvalue weighted by Gasteiger charge is 2.27. The molecule has 1 atom stereocenters. The van der Waals surface area contributed by atoms with Crippen LogP contribution in [-0.2, 0) is 26.2 Å². The first-order valence-electron chi connectivity index (χ1n) is 11.1. The lowest BCUT2D eigenvalue weighted by molar-refractivity contribution is -0.140. The van der Waals surface area contributed by atoms with Crippen molar-refractivity contribution in [1.82, 2.24) is 10.2 Å². The fourth-order valence-electron chi connectivity index (χ4n) is 3.40. The van der Waals surface area contributed by atoms with Crippen molar-refractivity contribution in [3.8, 4) is 0 Å². The molecule has 2 rings (SSSR count). The predicted molar refractivity (Wildman–Crippen MR) is 128 cm³/mol. The van der Waals surface area contributed by atoms with Gasteiger partial charge in [-0.1, -0.05) is 25.1 Å². The molecule has 1 N–H and O–H groups in total. The number of benzene rings is 2. The van der Waals surface area contributed by atoms with Gasteiger partial charge in [0.15, 0.2) is 0 Å². The molecule has 2 amide bonds. The number of halogens is 2. The molecule has 0 saturated carbocycles. The summed E-state index contributed by atoms with van der Waals surface area (Å²) in [4.78, 5) is 26.9. The van der Waals surface area contributed by atoms with Gasteiger partial charge in [-0.3, -0.25) is 13.9 Å². The minimum absolute atomic E-state index is 0.0137. The molecule has 0 saturated heterocycles. The molecule has 0 aliphatic rings. The zero-order valence-electron chi connectivity index (χ0n) is 19.6. The molecule has 2 aromatic carbocycles. The smallest absolute Gasteiger partial charge is 0.242 e. The summed E-state index contributed by atoms with van der Waals surface area (Å²) in [6, 6.07) is 10.2. The second-order valence-corrected chi connectivity index (χ2v) is 9.90. The van der Waals surface area contributed by atoms with Gasteiger partial charge in [0.2, 0.25) is 21.8 Å². The summed E-state index contributed by atoms with van der Waals surface area (Å²) in [5.74, 6) is -1.74. The topological polar surface area (TPSA) is 86.8 Å². The highest BCUT2D eigenvalue weighted by atomic mass is 32.2. The molecule has 1 unspecified atom stereocenters. The van der Waals surface area contributed by atoms with E-state index in [0.717, 1.165) is 29.1 Å². The molecule has 10 heteroatoms. The maximum absolute atomic E-state index is 14.2. The molecule has 0 spiro atoms. The number of anilines is 1. The van der Waals surface area contributed by atoms with Gasteiger partial charge in [0, 0.05) is 31.6 Å². The molecule has 0 heterocycles. The highest BCUT2D eigenvalue weighted by molar-refractivity contribution is 7.92. The molecule has 0 aromatic heterocycles. The summed E-state index contributed by atoms with van der Waals surface area (Å²) in [5, 5.41) is 2.74. The van der Waals surface area contributed by atoms with Crippen molar-refractivity contribution in [2.24, 2.45) is 0 Å². The van der Waals surface area contributed by atoms with Crippen LogP contribution in [0.15, 0.2) is 48.5 Å². The Morgan fingerprint density at radius 3 is 2.29 bits per heavy atom. The molecule has 0 fully saturated rings. The number of sulfonamides is 1. The fourth-order valence-corrected chi connectivity index (χ4v) is 4.37. The lowest BCUT2D eigenvalue weighted by atomic mass is 10.1. The molecule has 0 aliphatic heterocycles. The Bertz CT molecular complexity index is 1080. The minimum atomic E-state index is -3.67. The van der Waals surface area contributed by atoms with Gasteiger partial charge in [-0.05, 0) is 50.1 Å². The Kier molecular flexibility index (Phi) is 9.97. The van der Waals surface area contributed by atoms with E-state index in [9.17, 15) is 26.8 Å². The molecular weight excluding hydrogens is 464 g/mol. The summed E-state index contributed by atoms with van der Waals surface area (Å²) in [6.07, 6.45) is 1.85. The fraction of sp³-hybridized carbons (Fsp3) is 0.417. The van der Waals surface area contributed by atoms with Crippen LogP contribution in [0.2, 0.25) is 0 Å². The largest absolute Gasteiger partial charge is 0.354 e. The first kappa shape index (κ1) is 27.2. The number of carbonyl (C=O) groups is 2. The van der Waals surface area contributed by atoms with E-state index in [1.54, 1.807) is 19.1 Å². The summed E-state index contributed by atoms with van der Waals surface area (Å²) in [5.41, 5.74) is 0.557. The van der Waals surface area contributed by atoms with Gasteiger partial charge in [0.25, 0.3) is 0 Å². The molecule has 0 aliphatic carbocycles. The number of amides is 2. The SMILES string of the molecule is CCCNC(=O)C(C)N(Cc1ccccc1F)C(=O)CCCN(c1ccc(F)cc1)S(C)(=O)=O. The van der Waals surface area contributed by atoms with Gasteiger partial charge in [-0.2, -0.15) is 0 Å². The summed E-state index contributed by atoms with van der Waals surface area (Å²) in [6.45, 7) is 3.82. The van der Waals surface area contributed by atoms with Gasteiger partial charge < -0.3 is 10.2 Å². The van der Waals surface area contributed by atoms with Crippen LogP contribution in [-0.4, -0.2) is 50.5 Å². The lowest BCUT2D eigenvalue weighted by Crippen LogP contribution is -2.48. The standard InChI is InChI=1S/C24H31F2N3O4S/c1-4-15-27-24(31)18(2)28(17-19-8-5-6-9-22(19)26)23(30)10-7-16-29(34(3,32)33)21-13-11-20(25)12-14-21/h5-6,8-9,11-14,18H,4,7,10,15-17H2,1-3H3,(H,27,31). The maximum atomic E-state index is 14.2. The van der Waals surface area contributed by atoms with Crippen molar-refractivity contribution < 1.29 is 26.8 Å². The molecule has 34 heavy (non-hydrogen) atoms. The molecular formula is C24H31F2N3O4S. The third-order valence-electron chi connectivity index (χ3n) is 5.28. The lowest BCUT2D eigenvalue weighted by Gasteiger charge is -2.29. The zero-order chi connectivity index (χ0) is 25.3. The van der Waals surface area contributed by atoms with Gasteiger partial charge >= 0.3 is 0 Å². The van der Waals surface area contributed by atoms with E-state index in [4.69, 9.17) is 0 Å². The van der Waals surface area contributed by atoms with Crippen LogP contribution in [0.5, 0.6) is 0 Å². The molecule has 7 nitrogen and oxygen atoms in total. The Balaban J connectivity index is 2.15. The van der Waals surface area contributed by atoms with Crippen molar-refractivity contribution in [2.75, 3.05) is 23.7 Å². The van der Waals surface area contributed by atoms with E-state index < -0.39 is 33.6 Å². The number of hydrogen-bond acceptors (Lipinski definition) is 4. The van der Waals surface area contributed by atoms with Gasteiger partial charge in [-0.25, -0.2) is 17.2 Å². The second kappa shape index (κ2) is 12.5. The second-order valence-electron chi connectivity index (χ2n) is 8.00. The first-order valence-corrected chi connectivity index (χ1v) is 12.9. The van der Waals surface area contributed by atoms with Crippen LogP contribution >= 0.6 is 0 Å². The molecule has 0 bridgehead atoms. The van der Waals surface area contributed by atoms with Crippen LogP contribution in [0, 0.1) is 11.6 Å². The number of hydrogen-bond donors (Lipinski definition) is 1. The first-order chi connectivity index (χ1) is 16.0. The van der Waals surface area contributed by atoms with E-state index in [2.05, 4.69) is 5.32 Å².